The summed E-state index contributed by atoms with van der Waals surface area (Å²) in [7, 11) is 0. The fourth-order valence-corrected chi connectivity index (χ4v) is 2.20. The number of nitrogen functional groups attached to an aromatic ring is 1. The first kappa shape index (κ1) is 15.7. The number of nitrogens with two attached hydrogens (primary N) is 1. The lowest BCUT2D eigenvalue weighted by atomic mass is 10.1. The summed E-state index contributed by atoms with van der Waals surface area (Å²) in [4.78, 5) is 0. The van der Waals surface area contributed by atoms with Crippen molar-refractivity contribution >= 4 is 40.3 Å². The summed E-state index contributed by atoms with van der Waals surface area (Å²) < 4.78 is 50.7. The van der Waals surface area contributed by atoms with E-state index < -0.39 is 17.6 Å². The molecule has 21 heavy (non-hydrogen) atoms. The fraction of sp³-hybridized carbons (Fsp3) is 0.0769. The van der Waals surface area contributed by atoms with Crippen molar-refractivity contribution in [2.75, 3.05) is 11.1 Å². The van der Waals surface area contributed by atoms with Crippen LogP contribution in [0.15, 0.2) is 30.3 Å². The molecule has 0 heterocycles. The first-order valence-electron chi connectivity index (χ1n) is 5.57. The quantitative estimate of drug-likeness (QED) is 0.562. The predicted octanol–water partition coefficient (Wildman–Crippen LogP) is 5.48. The smallest absolute Gasteiger partial charge is 0.397 e. The zero-order chi connectivity index (χ0) is 15.8. The number of alkyl halides is 3. The number of benzene rings is 2. The molecular formula is C13H8Cl2F4N2. The molecule has 0 radical (unpaired) electrons. The average molecular weight is 339 g/mol. The van der Waals surface area contributed by atoms with Crippen LogP contribution >= 0.6 is 23.2 Å². The zero-order valence-electron chi connectivity index (χ0n) is 10.2. The SMILES string of the molecule is Nc1cc(C(F)(F)F)ccc1Nc1c(Cl)cc(F)cc1Cl. The molecule has 0 aliphatic carbocycles. The largest absolute Gasteiger partial charge is 0.416 e. The monoisotopic (exact) mass is 338 g/mol. The van der Waals surface area contributed by atoms with Crippen LogP contribution < -0.4 is 11.1 Å². The van der Waals surface area contributed by atoms with Gasteiger partial charge in [-0.1, -0.05) is 23.2 Å². The lowest BCUT2D eigenvalue weighted by Gasteiger charge is -2.14. The predicted molar refractivity (Wildman–Crippen MR) is 75.6 cm³/mol. The molecule has 0 aliphatic rings. The molecular weight excluding hydrogens is 331 g/mol. The second-order valence-corrected chi connectivity index (χ2v) is 4.98. The summed E-state index contributed by atoms with van der Waals surface area (Å²) in [6.07, 6.45) is -4.49. The van der Waals surface area contributed by atoms with Gasteiger partial charge in [-0.15, -0.1) is 0 Å². The van der Waals surface area contributed by atoms with E-state index in [0.29, 0.717) is 0 Å². The van der Waals surface area contributed by atoms with Crippen LogP contribution in [0.1, 0.15) is 5.56 Å². The number of rotatable bonds is 2. The standard InChI is InChI=1S/C13H8Cl2F4N2/c14-8-4-7(16)5-9(15)12(8)21-11-2-1-6(3-10(11)20)13(17,18)19/h1-5,21H,20H2. The number of halogens is 6. The van der Waals surface area contributed by atoms with Crippen LogP contribution in [0, 0.1) is 5.82 Å². The maximum atomic E-state index is 13.1. The molecule has 0 aromatic heterocycles. The number of hydrogen-bond donors (Lipinski definition) is 2. The molecule has 0 amide bonds. The van der Waals surface area contributed by atoms with Crippen LogP contribution in [0.25, 0.3) is 0 Å². The van der Waals surface area contributed by atoms with Gasteiger partial charge in [-0.3, -0.25) is 0 Å². The third kappa shape index (κ3) is 3.51. The molecule has 0 aliphatic heterocycles. The molecule has 0 fully saturated rings. The van der Waals surface area contributed by atoms with Gasteiger partial charge >= 0.3 is 6.18 Å². The van der Waals surface area contributed by atoms with Crippen molar-refractivity contribution in [2.45, 2.75) is 6.18 Å². The molecule has 0 unspecified atom stereocenters. The zero-order valence-corrected chi connectivity index (χ0v) is 11.7. The highest BCUT2D eigenvalue weighted by atomic mass is 35.5. The molecule has 0 bridgehead atoms. The summed E-state index contributed by atoms with van der Waals surface area (Å²) in [5, 5.41) is 2.66. The van der Waals surface area contributed by atoms with E-state index in [1.165, 1.54) is 0 Å². The Morgan fingerprint density at radius 1 is 1.00 bits per heavy atom. The van der Waals surface area contributed by atoms with Gasteiger partial charge in [0.05, 0.1) is 32.7 Å². The molecule has 0 saturated carbocycles. The molecule has 0 spiro atoms. The second kappa shape index (κ2) is 5.61. The Bertz CT molecular complexity index is 663. The van der Waals surface area contributed by atoms with Crippen LogP contribution in [0.2, 0.25) is 10.0 Å². The van der Waals surface area contributed by atoms with Crippen LogP contribution in [0.5, 0.6) is 0 Å². The van der Waals surface area contributed by atoms with E-state index in [-0.39, 0.29) is 27.1 Å². The average Bonchev–Trinajstić information content (AvgIpc) is 2.33. The van der Waals surface area contributed by atoms with Gasteiger partial charge in [0, 0.05) is 0 Å². The van der Waals surface area contributed by atoms with E-state index in [1.807, 2.05) is 0 Å². The van der Waals surface area contributed by atoms with Crippen LogP contribution in [0.3, 0.4) is 0 Å². The molecule has 3 N–H and O–H groups in total. The molecule has 8 heteroatoms. The van der Waals surface area contributed by atoms with Gasteiger partial charge in [-0.05, 0) is 30.3 Å². The highest BCUT2D eigenvalue weighted by molar-refractivity contribution is 6.39. The van der Waals surface area contributed by atoms with Gasteiger partial charge in [0.15, 0.2) is 0 Å². The van der Waals surface area contributed by atoms with E-state index in [0.717, 1.165) is 30.3 Å². The van der Waals surface area contributed by atoms with Gasteiger partial charge in [0.25, 0.3) is 0 Å². The van der Waals surface area contributed by atoms with Crippen molar-refractivity contribution in [3.8, 4) is 0 Å². The van der Waals surface area contributed by atoms with Gasteiger partial charge in [0.2, 0.25) is 0 Å². The van der Waals surface area contributed by atoms with Crippen molar-refractivity contribution in [3.05, 3.63) is 51.8 Å². The van der Waals surface area contributed by atoms with Gasteiger partial charge in [-0.2, -0.15) is 13.2 Å². The first-order valence-corrected chi connectivity index (χ1v) is 6.32. The summed E-state index contributed by atoms with van der Waals surface area (Å²) in [6, 6.07) is 4.85. The molecule has 2 nitrogen and oxygen atoms in total. The Morgan fingerprint density at radius 2 is 1.57 bits per heavy atom. The second-order valence-electron chi connectivity index (χ2n) is 4.17. The highest BCUT2D eigenvalue weighted by Gasteiger charge is 2.30. The van der Waals surface area contributed by atoms with Gasteiger partial charge in [-0.25, -0.2) is 4.39 Å². The Labute approximate surface area is 127 Å². The molecule has 0 atom stereocenters. The van der Waals surface area contributed by atoms with Crippen molar-refractivity contribution in [1.82, 2.24) is 0 Å². The van der Waals surface area contributed by atoms with E-state index in [4.69, 9.17) is 28.9 Å². The maximum absolute atomic E-state index is 13.1. The maximum Gasteiger partial charge on any atom is 0.416 e. The molecule has 2 aromatic rings. The van der Waals surface area contributed by atoms with Crippen molar-refractivity contribution in [2.24, 2.45) is 0 Å². The molecule has 2 aromatic carbocycles. The lowest BCUT2D eigenvalue weighted by molar-refractivity contribution is -0.137. The minimum Gasteiger partial charge on any atom is -0.397 e. The van der Waals surface area contributed by atoms with Crippen LogP contribution in [0.4, 0.5) is 34.6 Å². The minimum atomic E-state index is -4.49. The minimum absolute atomic E-state index is 0.0145. The summed E-state index contributed by atoms with van der Waals surface area (Å²) >= 11 is 11.7. The van der Waals surface area contributed by atoms with E-state index in [1.54, 1.807) is 0 Å². The molecule has 2 rings (SSSR count). The Balaban J connectivity index is 2.37. The number of hydrogen-bond acceptors (Lipinski definition) is 2. The van der Waals surface area contributed by atoms with Gasteiger partial charge < -0.3 is 11.1 Å². The fourth-order valence-electron chi connectivity index (χ4n) is 1.65. The lowest BCUT2D eigenvalue weighted by Crippen LogP contribution is -2.07. The van der Waals surface area contributed by atoms with Gasteiger partial charge in [0.1, 0.15) is 5.82 Å². The van der Waals surface area contributed by atoms with Crippen LogP contribution in [-0.2, 0) is 6.18 Å². The van der Waals surface area contributed by atoms with Crippen molar-refractivity contribution in [1.29, 1.82) is 0 Å². The Hall–Kier alpha value is -1.66. The molecule has 112 valence electrons. The van der Waals surface area contributed by atoms with Crippen molar-refractivity contribution in [3.63, 3.8) is 0 Å². The highest BCUT2D eigenvalue weighted by Crippen LogP contribution is 2.37. The summed E-state index contributed by atoms with van der Waals surface area (Å²) in [5.41, 5.74) is 4.90. The topological polar surface area (TPSA) is 38.0 Å². The van der Waals surface area contributed by atoms with E-state index >= 15 is 0 Å². The first-order chi connectivity index (χ1) is 9.68. The Morgan fingerprint density at radius 3 is 2.05 bits per heavy atom. The normalized spacial score (nSPS) is 11.5. The number of anilines is 3. The third-order valence-electron chi connectivity index (χ3n) is 2.65. The molecule has 0 saturated heterocycles. The van der Waals surface area contributed by atoms with E-state index in [2.05, 4.69) is 5.32 Å². The van der Waals surface area contributed by atoms with E-state index in [9.17, 15) is 17.6 Å². The summed E-state index contributed by atoms with van der Waals surface area (Å²) in [6.45, 7) is 0. The van der Waals surface area contributed by atoms with Crippen LogP contribution in [-0.4, -0.2) is 0 Å². The summed E-state index contributed by atoms with van der Waals surface area (Å²) in [5.74, 6) is -0.629. The third-order valence-corrected chi connectivity index (χ3v) is 3.24. The Kier molecular flexibility index (Phi) is 4.20. The van der Waals surface area contributed by atoms with Crippen molar-refractivity contribution < 1.29 is 17.6 Å². The number of nitrogens with one attached hydrogen (secondary N) is 1.